The number of hydrogen-bond acceptors (Lipinski definition) is 1. The Morgan fingerprint density at radius 2 is 1.02 bits per heavy atom. The topological polar surface area (TPSA) is 0 Å². The highest BCUT2D eigenvalue weighted by molar-refractivity contribution is 8.00. The van der Waals surface area contributed by atoms with Crippen molar-refractivity contribution >= 4 is 33.3 Å². The summed E-state index contributed by atoms with van der Waals surface area (Å²) in [7, 11) is 0. The molecular formula is C45H26S. The Kier molecular flexibility index (Phi) is 4.80. The molecule has 0 aromatic heterocycles. The van der Waals surface area contributed by atoms with Crippen molar-refractivity contribution in [3.05, 3.63) is 180 Å². The molecule has 1 heteroatoms. The van der Waals surface area contributed by atoms with Gasteiger partial charge < -0.3 is 0 Å². The Bertz CT molecular complexity index is 2620. The predicted molar refractivity (Wildman–Crippen MR) is 193 cm³/mol. The van der Waals surface area contributed by atoms with E-state index in [4.69, 9.17) is 0 Å². The second kappa shape index (κ2) is 8.88. The van der Waals surface area contributed by atoms with E-state index in [0.717, 1.165) is 0 Å². The molecule has 3 aliphatic rings. The van der Waals surface area contributed by atoms with Gasteiger partial charge in [-0.3, -0.25) is 0 Å². The van der Waals surface area contributed by atoms with Crippen LogP contribution in [0, 0.1) is 0 Å². The van der Waals surface area contributed by atoms with Gasteiger partial charge in [0.2, 0.25) is 0 Å². The van der Waals surface area contributed by atoms with Gasteiger partial charge in [0, 0.05) is 15.2 Å². The summed E-state index contributed by atoms with van der Waals surface area (Å²) < 4.78 is 0. The van der Waals surface area contributed by atoms with Crippen LogP contribution < -0.4 is 0 Å². The van der Waals surface area contributed by atoms with Gasteiger partial charge in [-0.15, -0.1) is 0 Å². The molecule has 8 aromatic rings. The Hall–Kier alpha value is -5.37. The molecule has 0 saturated carbocycles. The zero-order valence-electron chi connectivity index (χ0n) is 24.9. The predicted octanol–water partition coefficient (Wildman–Crippen LogP) is 12.1. The highest BCUT2D eigenvalue weighted by Crippen LogP contribution is 2.64. The van der Waals surface area contributed by atoms with Crippen molar-refractivity contribution in [1.82, 2.24) is 0 Å². The van der Waals surface area contributed by atoms with E-state index >= 15 is 0 Å². The van der Waals surface area contributed by atoms with Gasteiger partial charge in [0.25, 0.3) is 0 Å². The first-order valence-electron chi connectivity index (χ1n) is 16.0. The van der Waals surface area contributed by atoms with E-state index in [2.05, 4.69) is 158 Å². The molecule has 0 amide bonds. The van der Waals surface area contributed by atoms with Crippen molar-refractivity contribution in [1.29, 1.82) is 0 Å². The Morgan fingerprint density at radius 3 is 1.89 bits per heavy atom. The van der Waals surface area contributed by atoms with E-state index in [1.807, 2.05) is 11.8 Å². The zero-order chi connectivity index (χ0) is 30.0. The third-order valence-corrected chi connectivity index (χ3v) is 11.9. The van der Waals surface area contributed by atoms with Crippen LogP contribution in [0.25, 0.3) is 66.1 Å². The van der Waals surface area contributed by atoms with E-state index < -0.39 is 0 Å². The van der Waals surface area contributed by atoms with Crippen molar-refractivity contribution in [2.75, 3.05) is 0 Å². The second-order valence-corrected chi connectivity index (χ2v) is 13.8. The first kappa shape index (κ1) is 24.9. The molecule has 8 aromatic carbocycles. The lowest BCUT2D eigenvalue weighted by atomic mass is 9.69. The summed E-state index contributed by atoms with van der Waals surface area (Å²) in [5, 5.41) is 5.31. The standard InChI is InChI=1S/C45H26S/c1-2-13-30-27(10-1)22-24-35-32-14-3-5-19-38(32)45(43(30)35)39-20-6-4-15-33(39)37-26-29(23-25-40(37)45)31-16-9-18-36-34-17-7-11-28-12-8-21-41(42(28)34)46-44(31)36/h1-26H. The van der Waals surface area contributed by atoms with E-state index in [0.29, 0.717) is 0 Å². The van der Waals surface area contributed by atoms with Gasteiger partial charge in [-0.05, 0) is 95.1 Å². The van der Waals surface area contributed by atoms with Crippen molar-refractivity contribution in [2.24, 2.45) is 0 Å². The summed E-state index contributed by atoms with van der Waals surface area (Å²) in [5.41, 5.74) is 15.8. The summed E-state index contributed by atoms with van der Waals surface area (Å²) >= 11 is 1.92. The molecular weight excluding hydrogens is 573 g/mol. The lowest BCUT2D eigenvalue weighted by Gasteiger charge is -2.31. The van der Waals surface area contributed by atoms with Crippen molar-refractivity contribution in [3.63, 3.8) is 0 Å². The highest BCUT2D eigenvalue weighted by Gasteiger charge is 2.52. The molecule has 0 fully saturated rings. The van der Waals surface area contributed by atoms with Gasteiger partial charge in [-0.25, -0.2) is 0 Å². The van der Waals surface area contributed by atoms with Crippen LogP contribution in [-0.2, 0) is 5.41 Å². The molecule has 11 rings (SSSR count). The normalized spacial score (nSPS) is 16.3. The first-order valence-corrected chi connectivity index (χ1v) is 16.8. The molecule has 46 heavy (non-hydrogen) atoms. The largest absolute Gasteiger partial charge is 0.0881 e. The molecule has 1 heterocycles. The quantitative estimate of drug-likeness (QED) is 0.181. The van der Waals surface area contributed by atoms with Crippen LogP contribution in [0.1, 0.15) is 22.3 Å². The van der Waals surface area contributed by atoms with Crippen LogP contribution in [0.15, 0.2) is 168 Å². The molecule has 0 radical (unpaired) electrons. The third kappa shape index (κ3) is 2.97. The molecule has 0 saturated heterocycles. The molecule has 1 unspecified atom stereocenters. The van der Waals surface area contributed by atoms with Gasteiger partial charge in [0.1, 0.15) is 0 Å². The Morgan fingerprint density at radius 1 is 0.391 bits per heavy atom. The number of fused-ring (bicyclic) bond motifs is 14. The van der Waals surface area contributed by atoms with Crippen molar-refractivity contribution < 1.29 is 0 Å². The maximum Gasteiger partial charge on any atom is 0.0731 e. The van der Waals surface area contributed by atoms with Crippen LogP contribution in [0.3, 0.4) is 0 Å². The maximum atomic E-state index is 2.48. The monoisotopic (exact) mass is 598 g/mol. The zero-order valence-corrected chi connectivity index (χ0v) is 25.7. The second-order valence-electron chi connectivity index (χ2n) is 12.8. The number of rotatable bonds is 1. The van der Waals surface area contributed by atoms with Gasteiger partial charge in [0.15, 0.2) is 0 Å². The summed E-state index contributed by atoms with van der Waals surface area (Å²) in [5.74, 6) is 0. The molecule has 2 aliphatic carbocycles. The van der Waals surface area contributed by atoms with Crippen molar-refractivity contribution in [3.8, 4) is 44.5 Å². The molecule has 212 valence electrons. The molecule has 1 spiro atoms. The highest BCUT2D eigenvalue weighted by atomic mass is 32.2. The van der Waals surface area contributed by atoms with Crippen molar-refractivity contribution in [2.45, 2.75) is 15.2 Å². The van der Waals surface area contributed by atoms with Crippen LogP contribution in [0.2, 0.25) is 0 Å². The maximum absolute atomic E-state index is 2.48. The lowest BCUT2D eigenvalue weighted by molar-refractivity contribution is 0.801. The molecule has 1 atom stereocenters. The fourth-order valence-electron chi connectivity index (χ4n) is 8.90. The first-order chi connectivity index (χ1) is 22.8. The van der Waals surface area contributed by atoms with Gasteiger partial charge >= 0.3 is 0 Å². The summed E-state index contributed by atoms with van der Waals surface area (Å²) in [6.45, 7) is 0. The third-order valence-electron chi connectivity index (χ3n) is 10.7. The Balaban J connectivity index is 1.20. The van der Waals surface area contributed by atoms with E-state index in [1.54, 1.807) is 0 Å². The molecule has 1 aliphatic heterocycles. The number of hydrogen-bond donors (Lipinski definition) is 0. The fraction of sp³-hybridized carbons (Fsp3) is 0.0222. The van der Waals surface area contributed by atoms with E-state index in [-0.39, 0.29) is 5.41 Å². The molecule has 0 bridgehead atoms. The minimum absolute atomic E-state index is 0.364. The minimum Gasteiger partial charge on any atom is -0.0881 e. The average molecular weight is 599 g/mol. The van der Waals surface area contributed by atoms with E-state index in [9.17, 15) is 0 Å². The smallest absolute Gasteiger partial charge is 0.0731 e. The van der Waals surface area contributed by atoms with Crippen LogP contribution in [0.4, 0.5) is 0 Å². The molecule has 0 N–H and O–H groups in total. The van der Waals surface area contributed by atoms with E-state index in [1.165, 1.54) is 98.1 Å². The molecule has 0 nitrogen and oxygen atoms in total. The van der Waals surface area contributed by atoms with Gasteiger partial charge in [-0.2, -0.15) is 0 Å². The van der Waals surface area contributed by atoms with Gasteiger partial charge in [0.05, 0.1) is 5.41 Å². The number of benzene rings is 8. The summed E-state index contributed by atoms with van der Waals surface area (Å²) in [6, 6.07) is 59.4. The van der Waals surface area contributed by atoms with Crippen LogP contribution in [-0.4, -0.2) is 0 Å². The average Bonchev–Trinajstić information content (AvgIpc) is 3.59. The minimum atomic E-state index is -0.364. The van der Waals surface area contributed by atoms with Crippen LogP contribution in [0.5, 0.6) is 0 Å². The Labute approximate surface area is 272 Å². The fourth-order valence-corrected chi connectivity index (χ4v) is 10.2. The summed E-state index contributed by atoms with van der Waals surface area (Å²) in [4.78, 5) is 2.68. The summed E-state index contributed by atoms with van der Waals surface area (Å²) in [6.07, 6.45) is 0. The lowest BCUT2D eigenvalue weighted by Crippen LogP contribution is -2.26. The van der Waals surface area contributed by atoms with Crippen LogP contribution >= 0.6 is 11.8 Å². The SMILES string of the molecule is c1ccc2c(c1)-c1cc(-c3cccc4c3Sc3cccc5cccc-4c35)ccc1C21c2ccccc2-c2ccc3ccccc3c21. The van der Waals surface area contributed by atoms with Gasteiger partial charge in [-0.1, -0.05) is 157 Å².